The Morgan fingerprint density at radius 2 is 1.76 bits per heavy atom. The molecular formula is C15H24N4O2. The molecule has 0 saturated carbocycles. The van der Waals surface area contributed by atoms with Crippen LogP contribution in [0.15, 0.2) is 24.3 Å². The van der Waals surface area contributed by atoms with Crippen LogP contribution in [0, 0.1) is 5.92 Å². The van der Waals surface area contributed by atoms with Gasteiger partial charge in [-0.15, -0.1) is 0 Å². The third-order valence-electron chi connectivity index (χ3n) is 3.14. The summed E-state index contributed by atoms with van der Waals surface area (Å²) in [6.07, 6.45) is 2.64. The Morgan fingerprint density at radius 3 is 2.33 bits per heavy atom. The van der Waals surface area contributed by atoms with E-state index in [1.165, 1.54) is 0 Å². The van der Waals surface area contributed by atoms with Crippen LogP contribution in [0.3, 0.4) is 0 Å². The smallest absolute Gasteiger partial charge is 0.316 e. The predicted octanol–water partition coefficient (Wildman–Crippen LogP) is 2.27. The standard InChI is InChI=1S/C15H24N4O2/c1-10(5-3-6-11(2)16)14(20)18-12-7-4-8-13(9-12)19-15(17)21/h4,7-11H,3,5-6,16H2,1-2H3,(H,18,20)(H3,17,19,21). The van der Waals surface area contributed by atoms with Crippen molar-refractivity contribution >= 4 is 23.3 Å². The van der Waals surface area contributed by atoms with E-state index in [-0.39, 0.29) is 17.9 Å². The summed E-state index contributed by atoms with van der Waals surface area (Å²) in [7, 11) is 0. The fraction of sp³-hybridized carbons (Fsp3) is 0.467. The molecule has 0 spiro atoms. The van der Waals surface area contributed by atoms with Crippen molar-refractivity contribution in [3.8, 4) is 0 Å². The van der Waals surface area contributed by atoms with Crippen LogP contribution in [0.25, 0.3) is 0 Å². The molecule has 0 fully saturated rings. The van der Waals surface area contributed by atoms with Crippen molar-refractivity contribution in [2.45, 2.75) is 39.2 Å². The summed E-state index contributed by atoms with van der Waals surface area (Å²) in [5.74, 6) is -0.132. The van der Waals surface area contributed by atoms with Gasteiger partial charge in [-0.3, -0.25) is 4.79 Å². The summed E-state index contributed by atoms with van der Waals surface area (Å²) in [5, 5.41) is 5.30. The van der Waals surface area contributed by atoms with Gasteiger partial charge in [0.15, 0.2) is 0 Å². The fourth-order valence-corrected chi connectivity index (χ4v) is 1.96. The molecule has 116 valence electrons. The summed E-state index contributed by atoms with van der Waals surface area (Å²) < 4.78 is 0. The maximum Gasteiger partial charge on any atom is 0.316 e. The van der Waals surface area contributed by atoms with Crippen LogP contribution >= 0.6 is 0 Å². The number of nitrogens with one attached hydrogen (secondary N) is 2. The molecule has 1 aromatic carbocycles. The van der Waals surface area contributed by atoms with Crippen LogP contribution in [0.4, 0.5) is 16.2 Å². The Hall–Kier alpha value is -2.08. The molecule has 1 rings (SSSR count). The highest BCUT2D eigenvalue weighted by molar-refractivity contribution is 5.94. The van der Waals surface area contributed by atoms with Gasteiger partial charge >= 0.3 is 6.03 Å². The van der Waals surface area contributed by atoms with E-state index in [9.17, 15) is 9.59 Å². The lowest BCUT2D eigenvalue weighted by molar-refractivity contribution is -0.119. The minimum absolute atomic E-state index is 0.0455. The summed E-state index contributed by atoms with van der Waals surface area (Å²) >= 11 is 0. The Morgan fingerprint density at radius 1 is 1.14 bits per heavy atom. The van der Waals surface area contributed by atoms with Crippen LogP contribution < -0.4 is 22.1 Å². The summed E-state index contributed by atoms with van der Waals surface area (Å²) in [6.45, 7) is 3.85. The van der Waals surface area contributed by atoms with E-state index < -0.39 is 6.03 Å². The highest BCUT2D eigenvalue weighted by Gasteiger charge is 2.13. The van der Waals surface area contributed by atoms with E-state index in [1.54, 1.807) is 24.3 Å². The van der Waals surface area contributed by atoms with E-state index in [0.29, 0.717) is 11.4 Å². The van der Waals surface area contributed by atoms with Gasteiger partial charge in [-0.1, -0.05) is 19.4 Å². The number of rotatable bonds is 7. The zero-order valence-corrected chi connectivity index (χ0v) is 12.6. The molecule has 1 aromatic rings. The molecule has 2 unspecified atom stereocenters. The molecule has 0 saturated heterocycles. The third kappa shape index (κ3) is 6.76. The number of hydrogen-bond acceptors (Lipinski definition) is 3. The quantitative estimate of drug-likeness (QED) is 0.618. The van der Waals surface area contributed by atoms with Crippen molar-refractivity contribution in [1.29, 1.82) is 0 Å². The van der Waals surface area contributed by atoms with Crippen molar-refractivity contribution in [3.63, 3.8) is 0 Å². The van der Waals surface area contributed by atoms with Crippen molar-refractivity contribution in [1.82, 2.24) is 0 Å². The SMILES string of the molecule is CC(N)CCCC(C)C(=O)Nc1cccc(NC(N)=O)c1. The highest BCUT2D eigenvalue weighted by atomic mass is 16.2. The van der Waals surface area contributed by atoms with E-state index in [1.807, 2.05) is 13.8 Å². The van der Waals surface area contributed by atoms with Gasteiger partial charge in [0, 0.05) is 23.3 Å². The van der Waals surface area contributed by atoms with Crippen LogP contribution in [0.2, 0.25) is 0 Å². The van der Waals surface area contributed by atoms with Gasteiger partial charge < -0.3 is 22.1 Å². The number of benzene rings is 1. The molecule has 0 heterocycles. The number of nitrogens with two attached hydrogens (primary N) is 2. The maximum absolute atomic E-state index is 12.1. The molecule has 0 aromatic heterocycles. The predicted molar refractivity (Wildman–Crippen MR) is 84.9 cm³/mol. The summed E-state index contributed by atoms with van der Waals surface area (Å²) in [5.41, 5.74) is 11.9. The summed E-state index contributed by atoms with van der Waals surface area (Å²) in [6, 6.07) is 6.39. The Bertz CT molecular complexity index is 488. The van der Waals surface area contributed by atoms with Crippen LogP contribution in [-0.2, 0) is 4.79 Å². The second kappa shape index (κ2) is 8.26. The second-order valence-corrected chi connectivity index (χ2v) is 5.37. The topological polar surface area (TPSA) is 110 Å². The zero-order valence-electron chi connectivity index (χ0n) is 12.6. The number of amides is 3. The molecule has 2 atom stereocenters. The zero-order chi connectivity index (χ0) is 15.8. The highest BCUT2D eigenvalue weighted by Crippen LogP contribution is 2.17. The van der Waals surface area contributed by atoms with E-state index in [4.69, 9.17) is 11.5 Å². The van der Waals surface area contributed by atoms with Gasteiger partial charge in [0.1, 0.15) is 0 Å². The fourth-order valence-electron chi connectivity index (χ4n) is 1.96. The molecule has 0 radical (unpaired) electrons. The van der Waals surface area contributed by atoms with E-state index in [0.717, 1.165) is 19.3 Å². The van der Waals surface area contributed by atoms with E-state index in [2.05, 4.69) is 10.6 Å². The van der Waals surface area contributed by atoms with Crippen molar-refractivity contribution in [3.05, 3.63) is 24.3 Å². The van der Waals surface area contributed by atoms with Gasteiger partial charge in [0.2, 0.25) is 5.91 Å². The van der Waals surface area contributed by atoms with Crippen LogP contribution in [-0.4, -0.2) is 18.0 Å². The van der Waals surface area contributed by atoms with Crippen molar-refractivity contribution < 1.29 is 9.59 Å². The lowest BCUT2D eigenvalue weighted by Gasteiger charge is -2.13. The van der Waals surface area contributed by atoms with Gasteiger partial charge in [-0.05, 0) is 38.0 Å². The molecule has 21 heavy (non-hydrogen) atoms. The molecule has 0 aliphatic rings. The first kappa shape index (κ1) is 17.0. The molecule has 0 bridgehead atoms. The minimum Gasteiger partial charge on any atom is -0.351 e. The maximum atomic E-state index is 12.1. The Balaban J connectivity index is 2.51. The average Bonchev–Trinajstić information content (AvgIpc) is 2.37. The van der Waals surface area contributed by atoms with Gasteiger partial charge in [0.05, 0.1) is 0 Å². The van der Waals surface area contributed by atoms with Crippen molar-refractivity contribution in [2.24, 2.45) is 17.4 Å². The molecule has 6 heteroatoms. The van der Waals surface area contributed by atoms with Gasteiger partial charge in [0.25, 0.3) is 0 Å². The number of anilines is 2. The molecule has 3 amide bonds. The Labute approximate surface area is 125 Å². The normalized spacial score (nSPS) is 13.3. The number of urea groups is 1. The average molecular weight is 292 g/mol. The molecule has 0 aliphatic heterocycles. The van der Waals surface area contributed by atoms with Crippen molar-refractivity contribution in [2.75, 3.05) is 10.6 Å². The number of primary amides is 1. The lowest BCUT2D eigenvalue weighted by atomic mass is 10.0. The Kier molecular flexibility index (Phi) is 6.68. The largest absolute Gasteiger partial charge is 0.351 e. The first-order valence-corrected chi connectivity index (χ1v) is 7.11. The first-order valence-electron chi connectivity index (χ1n) is 7.11. The monoisotopic (exact) mass is 292 g/mol. The minimum atomic E-state index is -0.636. The first-order chi connectivity index (χ1) is 9.88. The number of carbonyl (C=O) groups excluding carboxylic acids is 2. The molecular weight excluding hydrogens is 268 g/mol. The van der Waals surface area contributed by atoms with Crippen LogP contribution in [0.1, 0.15) is 33.1 Å². The second-order valence-electron chi connectivity index (χ2n) is 5.37. The van der Waals surface area contributed by atoms with Gasteiger partial charge in [-0.25, -0.2) is 4.79 Å². The molecule has 6 N–H and O–H groups in total. The number of hydrogen-bond donors (Lipinski definition) is 4. The lowest BCUT2D eigenvalue weighted by Crippen LogP contribution is -2.22. The molecule has 0 aliphatic carbocycles. The van der Waals surface area contributed by atoms with Gasteiger partial charge in [-0.2, -0.15) is 0 Å². The third-order valence-corrected chi connectivity index (χ3v) is 3.14. The van der Waals surface area contributed by atoms with Crippen LogP contribution in [0.5, 0.6) is 0 Å². The summed E-state index contributed by atoms with van der Waals surface area (Å²) in [4.78, 5) is 22.9. The number of carbonyl (C=O) groups is 2. The van der Waals surface area contributed by atoms with E-state index >= 15 is 0 Å². The molecule has 6 nitrogen and oxygen atoms in total.